The van der Waals surface area contributed by atoms with Crippen molar-refractivity contribution in [1.29, 1.82) is 0 Å². The van der Waals surface area contributed by atoms with E-state index in [4.69, 9.17) is 0 Å². The Morgan fingerprint density at radius 2 is 1.65 bits per heavy atom. The van der Waals surface area contributed by atoms with Crippen LogP contribution >= 0.6 is 0 Å². The number of unbranched alkanes of at least 4 members (excludes halogenated alkanes) is 1. The van der Waals surface area contributed by atoms with Gasteiger partial charge in [0.25, 0.3) is 0 Å². The summed E-state index contributed by atoms with van der Waals surface area (Å²) in [5, 5.41) is 2.33. The van der Waals surface area contributed by atoms with Gasteiger partial charge in [0.05, 0.1) is 5.52 Å². The van der Waals surface area contributed by atoms with E-state index >= 15 is 0 Å². The van der Waals surface area contributed by atoms with Crippen molar-refractivity contribution >= 4 is 27.5 Å². The first-order valence-corrected chi connectivity index (χ1v) is 10.8. The van der Waals surface area contributed by atoms with Gasteiger partial charge in [-0.3, -0.25) is 4.57 Å². The smallest absolute Gasteiger partial charge is 0.146 e. The van der Waals surface area contributed by atoms with E-state index in [-0.39, 0.29) is 0 Å². The molecule has 3 heterocycles. The molecular weight excluding hydrogens is 378 g/mol. The van der Waals surface area contributed by atoms with Gasteiger partial charge in [-0.15, -0.1) is 0 Å². The molecule has 0 fully saturated rings. The van der Waals surface area contributed by atoms with Crippen LogP contribution in [0.2, 0.25) is 0 Å². The highest BCUT2D eigenvalue weighted by molar-refractivity contribution is 6.09. The molecule has 3 nitrogen and oxygen atoms in total. The number of pyridine rings is 2. The van der Waals surface area contributed by atoms with Crippen LogP contribution in [0.25, 0.3) is 44.5 Å². The minimum atomic E-state index is 0.882. The zero-order valence-corrected chi connectivity index (χ0v) is 17.9. The second-order valence-corrected chi connectivity index (χ2v) is 7.88. The van der Waals surface area contributed by atoms with Crippen LogP contribution < -0.4 is 0 Å². The largest absolute Gasteiger partial charge is 0.278 e. The number of nitrogens with zero attached hydrogens (tertiary/aromatic N) is 3. The first-order valence-electron chi connectivity index (χ1n) is 10.8. The highest BCUT2D eigenvalue weighted by Gasteiger charge is 2.14. The zero-order chi connectivity index (χ0) is 21.2. The minimum Gasteiger partial charge on any atom is -0.278 e. The molecule has 0 N–H and O–H groups in total. The molecule has 0 unspecified atom stereocenters. The quantitative estimate of drug-likeness (QED) is 0.305. The van der Waals surface area contributed by atoms with Crippen LogP contribution in [0.1, 0.15) is 32.3 Å². The Balaban J connectivity index is 1.62. The van der Waals surface area contributed by atoms with Gasteiger partial charge >= 0.3 is 0 Å². The van der Waals surface area contributed by atoms with Crippen LogP contribution in [0, 0.1) is 0 Å². The van der Waals surface area contributed by atoms with Crippen molar-refractivity contribution < 1.29 is 0 Å². The van der Waals surface area contributed by atoms with Gasteiger partial charge in [0.1, 0.15) is 11.5 Å². The Kier molecular flexibility index (Phi) is 5.09. The van der Waals surface area contributed by atoms with Crippen LogP contribution in [-0.4, -0.2) is 14.5 Å². The Labute approximate surface area is 182 Å². The monoisotopic (exact) mass is 403 g/mol. The Morgan fingerprint density at radius 3 is 2.42 bits per heavy atom. The third-order valence-electron chi connectivity index (χ3n) is 5.82. The summed E-state index contributed by atoms with van der Waals surface area (Å²) in [5.41, 5.74) is 7.10. The van der Waals surface area contributed by atoms with E-state index in [1.807, 2.05) is 36.7 Å². The summed E-state index contributed by atoms with van der Waals surface area (Å²) in [6.45, 7) is 4.40. The van der Waals surface area contributed by atoms with E-state index in [2.05, 4.69) is 83.0 Å². The summed E-state index contributed by atoms with van der Waals surface area (Å²) in [7, 11) is 0. The number of hydrogen-bond donors (Lipinski definition) is 0. The van der Waals surface area contributed by atoms with Crippen molar-refractivity contribution in [3.63, 3.8) is 0 Å². The Bertz CT molecular complexity index is 1380. The van der Waals surface area contributed by atoms with E-state index in [9.17, 15) is 0 Å². The lowest BCUT2D eigenvalue weighted by Gasteiger charge is -2.07. The molecule has 0 aliphatic heterocycles. The molecule has 0 radical (unpaired) electrons. The molecular formula is C28H25N3. The van der Waals surface area contributed by atoms with Crippen molar-refractivity contribution in [3.8, 4) is 16.9 Å². The van der Waals surface area contributed by atoms with Crippen molar-refractivity contribution in [3.05, 3.63) is 96.8 Å². The predicted molar refractivity (Wildman–Crippen MR) is 130 cm³/mol. The molecule has 5 rings (SSSR count). The molecule has 0 saturated heterocycles. The molecule has 0 saturated carbocycles. The second kappa shape index (κ2) is 8.19. The summed E-state index contributed by atoms with van der Waals surface area (Å²) in [6, 6.07) is 25.6. The summed E-state index contributed by atoms with van der Waals surface area (Å²) < 4.78 is 2.14. The molecule has 0 aliphatic rings. The number of aromatic nitrogens is 3. The van der Waals surface area contributed by atoms with Crippen LogP contribution in [0.15, 0.2) is 91.3 Å². The van der Waals surface area contributed by atoms with Crippen LogP contribution in [0.3, 0.4) is 0 Å². The van der Waals surface area contributed by atoms with Gasteiger partial charge in [-0.25, -0.2) is 9.97 Å². The number of fused-ring (bicyclic) bond motifs is 3. The molecule has 0 aliphatic carbocycles. The topological polar surface area (TPSA) is 30.7 Å². The third-order valence-corrected chi connectivity index (χ3v) is 5.82. The lowest BCUT2D eigenvalue weighted by Crippen LogP contribution is -1.97. The SMILES string of the molecule is CCC/C=C(\C)c1ccc(-c2ccc3c(c2)c2cccnc2n3-c2ccccn2)cc1. The summed E-state index contributed by atoms with van der Waals surface area (Å²) in [4.78, 5) is 9.24. The first kappa shape index (κ1) is 19.3. The highest BCUT2D eigenvalue weighted by atomic mass is 15.1. The van der Waals surface area contributed by atoms with Crippen molar-refractivity contribution in [2.24, 2.45) is 0 Å². The van der Waals surface area contributed by atoms with E-state index in [0.717, 1.165) is 28.8 Å². The summed E-state index contributed by atoms with van der Waals surface area (Å²) >= 11 is 0. The molecule has 3 aromatic heterocycles. The van der Waals surface area contributed by atoms with Crippen molar-refractivity contribution in [1.82, 2.24) is 14.5 Å². The van der Waals surface area contributed by atoms with Gasteiger partial charge < -0.3 is 0 Å². The maximum Gasteiger partial charge on any atom is 0.146 e. The number of benzene rings is 2. The summed E-state index contributed by atoms with van der Waals surface area (Å²) in [6.07, 6.45) is 8.28. The minimum absolute atomic E-state index is 0.882. The average Bonchev–Trinajstić information content (AvgIpc) is 3.17. The lowest BCUT2D eigenvalue weighted by molar-refractivity contribution is 0.959. The molecule has 0 spiro atoms. The van der Waals surface area contributed by atoms with E-state index in [0.29, 0.717) is 0 Å². The molecule has 0 atom stereocenters. The fourth-order valence-electron chi connectivity index (χ4n) is 4.15. The van der Waals surface area contributed by atoms with Gasteiger partial charge in [-0.2, -0.15) is 0 Å². The number of allylic oxidation sites excluding steroid dienone is 2. The van der Waals surface area contributed by atoms with Gasteiger partial charge in [0, 0.05) is 23.2 Å². The molecule has 152 valence electrons. The molecule has 5 aromatic rings. The van der Waals surface area contributed by atoms with E-state index in [1.165, 1.54) is 34.1 Å². The van der Waals surface area contributed by atoms with Crippen LogP contribution in [-0.2, 0) is 0 Å². The summed E-state index contributed by atoms with van der Waals surface area (Å²) in [5.74, 6) is 0.882. The highest BCUT2D eigenvalue weighted by Crippen LogP contribution is 2.33. The number of hydrogen-bond acceptors (Lipinski definition) is 2. The molecule has 0 bridgehead atoms. The zero-order valence-electron chi connectivity index (χ0n) is 17.9. The van der Waals surface area contributed by atoms with Gasteiger partial charge in [0.2, 0.25) is 0 Å². The second-order valence-electron chi connectivity index (χ2n) is 7.88. The van der Waals surface area contributed by atoms with E-state index in [1.54, 1.807) is 0 Å². The Hall–Kier alpha value is -3.72. The van der Waals surface area contributed by atoms with E-state index < -0.39 is 0 Å². The number of rotatable bonds is 5. The molecule has 0 amide bonds. The van der Waals surface area contributed by atoms with Crippen LogP contribution in [0.4, 0.5) is 0 Å². The standard InChI is InChI=1S/C28H25N3/c1-3-4-8-20(2)21-11-13-22(14-12-21)23-15-16-26-25(19-23)24-9-7-18-30-28(24)31(26)27-10-5-6-17-29-27/h5-19H,3-4H2,1-2H3/b20-8+. The molecule has 2 aromatic carbocycles. The maximum atomic E-state index is 4.67. The van der Waals surface area contributed by atoms with Gasteiger partial charge in [-0.1, -0.05) is 55.8 Å². The van der Waals surface area contributed by atoms with Crippen molar-refractivity contribution in [2.75, 3.05) is 0 Å². The van der Waals surface area contributed by atoms with Gasteiger partial charge in [0.15, 0.2) is 0 Å². The Morgan fingerprint density at radius 1 is 0.839 bits per heavy atom. The van der Waals surface area contributed by atoms with Crippen molar-refractivity contribution in [2.45, 2.75) is 26.7 Å². The fraction of sp³-hybridized carbons (Fsp3) is 0.143. The lowest BCUT2D eigenvalue weighted by atomic mass is 9.99. The molecule has 3 heteroatoms. The average molecular weight is 404 g/mol. The third kappa shape index (κ3) is 3.53. The normalized spacial score (nSPS) is 12.0. The fourth-order valence-corrected chi connectivity index (χ4v) is 4.15. The van der Waals surface area contributed by atoms with Gasteiger partial charge in [-0.05, 0) is 72.0 Å². The predicted octanol–water partition coefficient (Wildman–Crippen LogP) is 7.44. The first-order chi connectivity index (χ1) is 15.3. The van der Waals surface area contributed by atoms with Crippen LogP contribution in [0.5, 0.6) is 0 Å². The molecule has 31 heavy (non-hydrogen) atoms. The maximum absolute atomic E-state index is 4.67.